The Morgan fingerprint density at radius 3 is 2.39 bits per heavy atom. The van der Waals surface area contributed by atoms with Crippen LogP contribution in [-0.2, 0) is 12.8 Å². The minimum absolute atomic E-state index is 0.0364. The van der Waals surface area contributed by atoms with Crippen LogP contribution in [0.2, 0.25) is 0 Å². The van der Waals surface area contributed by atoms with Gasteiger partial charge in [-0.15, -0.1) is 0 Å². The van der Waals surface area contributed by atoms with Crippen molar-refractivity contribution in [1.29, 1.82) is 0 Å². The van der Waals surface area contributed by atoms with Crippen molar-refractivity contribution < 1.29 is 32.3 Å². The first kappa shape index (κ1) is 22.4. The molecule has 1 heterocycles. The number of nitrogens with one attached hydrogen (secondary N) is 1. The molecule has 0 atom stereocenters. The van der Waals surface area contributed by atoms with Crippen molar-refractivity contribution in [1.82, 2.24) is 0 Å². The summed E-state index contributed by atoms with van der Waals surface area (Å²) < 4.78 is 53.8. The molecule has 9 heteroatoms. The van der Waals surface area contributed by atoms with E-state index in [0.29, 0.717) is 5.56 Å². The van der Waals surface area contributed by atoms with Crippen LogP contribution < -0.4 is 9.88 Å². The number of hydrogen-bond donors (Lipinski definition) is 3. The van der Waals surface area contributed by atoms with Crippen LogP contribution in [0.5, 0.6) is 0 Å². The van der Waals surface area contributed by atoms with Crippen LogP contribution in [0.15, 0.2) is 73.1 Å². The van der Waals surface area contributed by atoms with Crippen LogP contribution in [0.3, 0.4) is 0 Å². The molecule has 0 amide bonds. The Morgan fingerprint density at radius 1 is 1.03 bits per heavy atom. The molecule has 3 N–H and O–H groups in total. The first-order valence-electron chi connectivity index (χ1n) is 8.98. The highest BCUT2D eigenvalue weighted by molar-refractivity contribution is 7.81. The van der Waals surface area contributed by atoms with Gasteiger partial charge in [-0.25, -0.2) is 4.39 Å². The third-order valence-corrected chi connectivity index (χ3v) is 4.60. The molecule has 0 aliphatic carbocycles. The van der Waals surface area contributed by atoms with Crippen molar-refractivity contribution in [2.75, 3.05) is 5.32 Å². The van der Waals surface area contributed by atoms with Crippen LogP contribution >= 0.6 is 12.2 Å². The predicted molar refractivity (Wildman–Crippen MR) is 112 cm³/mol. The van der Waals surface area contributed by atoms with E-state index >= 15 is 0 Å². The number of rotatable bonds is 5. The lowest BCUT2D eigenvalue weighted by atomic mass is 10.1. The van der Waals surface area contributed by atoms with Gasteiger partial charge in [0.15, 0.2) is 23.1 Å². The van der Waals surface area contributed by atoms with Crippen molar-refractivity contribution in [2.45, 2.75) is 12.8 Å². The van der Waals surface area contributed by atoms with E-state index in [-0.39, 0.29) is 34.3 Å². The van der Waals surface area contributed by atoms with E-state index in [2.05, 4.69) is 5.32 Å². The smallest absolute Gasteiger partial charge is 0.416 e. The zero-order valence-electron chi connectivity index (χ0n) is 15.9. The van der Waals surface area contributed by atoms with Gasteiger partial charge in [-0.1, -0.05) is 18.3 Å². The summed E-state index contributed by atoms with van der Waals surface area (Å²) in [7, 11) is 0. The van der Waals surface area contributed by atoms with Gasteiger partial charge in [0, 0.05) is 22.9 Å². The van der Waals surface area contributed by atoms with Gasteiger partial charge in [0.2, 0.25) is 0 Å². The van der Waals surface area contributed by atoms with Gasteiger partial charge in [0.05, 0.1) is 12.2 Å². The maximum atomic E-state index is 13.3. The number of aromatic nitrogens is 1. The van der Waals surface area contributed by atoms with Crippen molar-refractivity contribution >= 4 is 34.3 Å². The van der Waals surface area contributed by atoms with Gasteiger partial charge in [-0.05, 0) is 48.5 Å². The third-order valence-electron chi connectivity index (χ3n) is 4.31. The number of hydrogen-bond acceptors (Lipinski definition) is 3. The van der Waals surface area contributed by atoms with Crippen molar-refractivity contribution in [2.24, 2.45) is 0 Å². The molecular formula is C22H17F4N2O2S+. The normalized spacial score (nSPS) is 12.3. The standard InChI is InChI=1S/C22H16F4N2O2S/c23-17-8-6-15(7-9-17)20(30)19(28-10-2-3-14(12-28)13-29)21(31)27-18-5-1-4-16(11-18)22(24,25)26/h1-12,29H,13H2,(H-,27,30,31)/p+1. The SMILES string of the molecule is OCc1ccc[n+](/C(C(=S)Nc2cccc(C(F)(F)F)c2)=C(/O)c2ccc(F)cc2)c1. The molecule has 0 saturated carbocycles. The first-order chi connectivity index (χ1) is 14.7. The van der Waals surface area contributed by atoms with Crippen LogP contribution in [0.4, 0.5) is 23.2 Å². The molecule has 0 radical (unpaired) electrons. The van der Waals surface area contributed by atoms with Gasteiger partial charge >= 0.3 is 6.18 Å². The maximum Gasteiger partial charge on any atom is 0.416 e. The summed E-state index contributed by atoms with van der Waals surface area (Å²) in [5, 5.41) is 23.0. The van der Waals surface area contributed by atoms with Crippen LogP contribution in [0, 0.1) is 5.82 Å². The van der Waals surface area contributed by atoms with E-state index < -0.39 is 17.6 Å². The number of alkyl halides is 3. The Labute approximate surface area is 180 Å². The fourth-order valence-electron chi connectivity index (χ4n) is 2.81. The monoisotopic (exact) mass is 449 g/mol. The molecule has 0 aliphatic heterocycles. The molecule has 31 heavy (non-hydrogen) atoms. The summed E-state index contributed by atoms with van der Waals surface area (Å²) >= 11 is 5.39. The molecule has 3 rings (SSSR count). The molecule has 0 saturated heterocycles. The van der Waals surface area contributed by atoms with Crippen LogP contribution in [0.25, 0.3) is 11.5 Å². The lowest BCUT2D eigenvalue weighted by Crippen LogP contribution is -2.39. The summed E-state index contributed by atoms with van der Waals surface area (Å²) in [5.41, 5.74) is 0.00116. The van der Waals surface area contributed by atoms with Crippen molar-refractivity contribution in [3.63, 3.8) is 0 Å². The Hall–Kier alpha value is -3.30. The summed E-state index contributed by atoms with van der Waals surface area (Å²) in [4.78, 5) is -0.0822. The second-order valence-corrected chi connectivity index (χ2v) is 6.92. The molecule has 0 aliphatic rings. The average molecular weight is 449 g/mol. The highest BCUT2D eigenvalue weighted by Gasteiger charge is 2.31. The fourth-order valence-corrected chi connectivity index (χ4v) is 3.13. The van der Waals surface area contributed by atoms with Crippen molar-refractivity contribution in [3.8, 4) is 0 Å². The van der Waals surface area contributed by atoms with Gasteiger partial charge in [0.1, 0.15) is 5.82 Å². The third kappa shape index (κ3) is 5.44. The lowest BCUT2D eigenvalue weighted by Gasteiger charge is -2.12. The molecule has 0 bridgehead atoms. The van der Waals surface area contributed by atoms with E-state index in [1.807, 2.05) is 0 Å². The van der Waals surface area contributed by atoms with E-state index in [1.54, 1.807) is 18.3 Å². The Morgan fingerprint density at radius 2 is 1.74 bits per heavy atom. The summed E-state index contributed by atoms with van der Waals surface area (Å²) in [6.07, 6.45) is -1.47. The Bertz CT molecular complexity index is 1130. The zero-order valence-corrected chi connectivity index (χ0v) is 16.7. The topological polar surface area (TPSA) is 56.4 Å². The summed E-state index contributed by atoms with van der Waals surface area (Å²) in [6.45, 7) is -0.279. The second kappa shape index (κ2) is 9.23. The molecule has 2 aromatic carbocycles. The van der Waals surface area contributed by atoms with Gasteiger partial charge in [0.25, 0.3) is 5.70 Å². The van der Waals surface area contributed by atoms with Gasteiger partial charge < -0.3 is 15.5 Å². The number of anilines is 1. The van der Waals surface area contributed by atoms with Crippen LogP contribution in [-0.4, -0.2) is 15.2 Å². The summed E-state index contributed by atoms with van der Waals surface area (Å²) in [5.74, 6) is -0.831. The molecule has 4 nitrogen and oxygen atoms in total. The molecular weight excluding hydrogens is 432 g/mol. The number of thiocarbonyl (C=S) groups is 1. The second-order valence-electron chi connectivity index (χ2n) is 6.51. The highest BCUT2D eigenvalue weighted by Crippen LogP contribution is 2.31. The van der Waals surface area contributed by atoms with Crippen LogP contribution in [0.1, 0.15) is 16.7 Å². The number of pyridine rings is 1. The Kier molecular flexibility index (Phi) is 6.67. The summed E-state index contributed by atoms with van der Waals surface area (Å²) in [6, 6.07) is 12.7. The molecule has 0 spiro atoms. The lowest BCUT2D eigenvalue weighted by molar-refractivity contribution is -0.576. The quantitative estimate of drug-likeness (QED) is 0.170. The van der Waals surface area contributed by atoms with Crippen molar-refractivity contribution in [3.05, 3.63) is 95.6 Å². The number of aliphatic hydroxyl groups is 2. The number of nitrogens with zero attached hydrogens (tertiary/aromatic N) is 1. The minimum Gasteiger partial charge on any atom is -0.502 e. The predicted octanol–water partition coefficient (Wildman–Crippen LogP) is 4.95. The number of halogens is 4. The molecule has 0 fully saturated rings. The molecule has 0 unspecified atom stereocenters. The van der Waals surface area contributed by atoms with Gasteiger partial charge in [-0.3, -0.25) is 0 Å². The van der Waals surface area contributed by atoms with E-state index in [9.17, 15) is 27.8 Å². The average Bonchev–Trinajstić information content (AvgIpc) is 2.74. The highest BCUT2D eigenvalue weighted by atomic mass is 32.1. The molecule has 3 aromatic rings. The molecule has 160 valence electrons. The first-order valence-corrected chi connectivity index (χ1v) is 9.39. The fraction of sp³-hybridized carbons (Fsp3) is 0.0909. The van der Waals surface area contributed by atoms with E-state index in [4.69, 9.17) is 12.2 Å². The maximum absolute atomic E-state index is 13.3. The van der Waals surface area contributed by atoms with E-state index in [1.165, 1.54) is 35.0 Å². The number of benzene rings is 2. The van der Waals surface area contributed by atoms with E-state index in [0.717, 1.165) is 24.3 Å². The Balaban J connectivity index is 2.07. The minimum atomic E-state index is -4.53. The molecule has 1 aromatic heterocycles. The zero-order chi connectivity index (χ0) is 22.6. The largest absolute Gasteiger partial charge is 0.502 e. The number of aliphatic hydroxyl groups excluding tert-OH is 2. The van der Waals surface area contributed by atoms with Gasteiger partial charge in [-0.2, -0.15) is 17.7 Å².